The van der Waals surface area contributed by atoms with Crippen LogP contribution < -0.4 is 15.4 Å². The van der Waals surface area contributed by atoms with Gasteiger partial charge in [-0.1, -0.05) is 17.7 Å². The van der Waals surface area contributed by atoms with E-state index in [9.17, 15) is 13.2 Å². The Kier molecular flexibility index (Phi) is 6.95. The lowest BCUT2D eigenvalue weighted by Gasteiger charge is -2.19. The third kappa shape index (κ3) is 6.29. The lowest BCUT2D eigenvalue weighted by atomic mass is 10.1. The third-order valence-corrected chi connectivity index (χ3v) is 4.43. The molecule has 0 aliphatic rings. The van der Waals surface area contributed by atoms with Crippen molar-refractivity contribution in [2.24, 2.45) is 0 Å². The molecule has 0 aromatic heterocycles. The summed E-state index contributed by atoms with van der Waals surface area (Å²) in [6, 6.07) is 9.20. The number of thiocarbonyl (C=S) groups is 1. The average molecular weight is 417 g/mol. The van der Waals surface area contributed by atoms with Gasteiger partial charge < -0.3 is 15.4 Å². The van der Waals surface area contributed by atoms with Crippen LogP contribution in [0.25, 0.3) is 0 Å². The number of nitrogens with one attached hydrogen (secondary N) is 2. The van der Waals surface area contributed by atoms with E-state index < -0.39 is 11.7 Å². The zero-order valence-electron chi connectivity index (χ0n) is 15.1. The van der Waals surface area contributed by atoms with Crippen molar-refractivity contribution >= 4 is 34.6 Å². The minimum absolute atomic E-state index is 0.152. The molecule has 1 atom stereocenters. The van der Waals surface area contributed by atoms with E-state index >= 15 is 0 Å². The van der Waals surface area contributed by atoms with E-state index in [4.69, 9.17) is 28.6 Å². The molecule has 0 radical (unpaired) electrons. The molecule has 2 rings (SSSR count). The van der Waals surface area contributed by atoms with Crippen molar-refractivity contribution in [1.82, 2.24) is 5.32 Å². The van der Waals surface area contributed by atoms with Gasteiger partial charge in [-0.2, -0.15) is 13.2 Å². The number of alkyl halides is 3. The largest absolute Gasteiger partial charge is 0.491 e. The molecule has 0 saturated heterocycles. The topological polar surface area (TPSA) is 33.3 Å². The maximum absolute atomic E-state index is 12.9. The second-order valence-corrected chi connectivity index (χ2v) is 7.06. The first-order valence-electron chi connectivity index (χ1n) is 8.20. The van der Waals surface area contributed by atoms with Crippen LogP contribution in [0.15, 0.2) is 36.4 Å². The Bertz CT molecular complexity index is 827. The van der Waals surface area contributed by atoms with E-state index in [0.29, 0.717) is 6.61 Å². The van der Waals surface area contributed by atoms with Gasteiger partial charge in [0.2, 0.25) is 0 Å². The average Bonchev–Trinajstić information content (AvgIpc) is 2.56. The number of ether oxygens (including phenoxy) is 1. The number of benzene rings is 2. The fourth-order valence-electron chi connectivity index (χ4n) is 2.28. The summed E-state index contributed by atoms with van der Waals surface area (Å²) in [5.74, 6) is 0.748. The summed E-state index contributed by atoms with van der Waals surface area (Å²) in [6.07, 6.45) is -4.53. The number of anilines is 1. The van der Waals surface area contributed by atoms with E-state index in [1.165, 1.54) is 17.7 Å². The number of hydrogen-bond acceptors (Lipinski definition) is 2. The maximum Gasteiger partial charge on any atom is 0.417 e. The van der Waals surface area contributed by atoms with Crippen LogP contribution in [0.4, 0.5) is 18.9 Å². The standard InChI is InChI=1S/C19H20ClF3N2OS/c1-11-4-6-15(8-12(11)2)26-10-13(3)24-18(27)25-14-5-7-17(20)16(9-14)19(21,22)23/h4-9,13H,10H2,1-3H3,(H2,24,25,27)/t13-/m0/s1. The monoisotopic (exact) mass is 416 g/mol. The van der Waals surface area contributed by atoms with Crippen molar-refractivity contribution in [3.63, 3.8) is 0 Å². The minimum Gasteiger partial charge on any atom is -0.491 e. The van der Waals surface area contributed by atoms with Crippen molar-refractivity contribution in [2.75, 3.05) is 11.9 Å². The highest BCUT2D eigenvalue weighted by Crippen LogP contribution is 2.36. The van der Waals surface area contributed by atoms with Crippen molar-refractivity contribution < 1.29 is 17.9 Å². The normalized spacial score (nSPS) is 12.4. The fourth-order valence-corrected chi connectivity index (χ4v) is 2.82. The van der Waals surface area contributed by atoms with Gasteiger partial charge >= 0.3 is 6.18 Å². The van der Waals surface area contributed by atoms with Crippen LogP contribution in [-0.4, -0.2) is 17.8 Å². The van der Waals surface area contributed by atoms with Gasteiger partial charge in [0.05, 0.1) is 16.6 Å². The number of rotatable bonds is 5. The first kappa shape index (κ1) is 21.3. The summed E-state index contributed by atoms with van der Waals surface area (Å²) in [4.78, 5) is 0. The molecule has 0 aliphatic heterocycles. The highest BCUT2D eigenvalue weighted by atomic mass is 35.5. The zero-order valence-corrected chi connectivity index (χ0v) is 16.6. The summed E-state index contributed by atoms with van der Waals surface area (Å²) in [5.41, 5.74) is 1.60. The lowest BCUT2D eigenvalue weighted by Crippen LogP contribution is -2.39. The molecule has 0 heterocycles. The Morgan fingerprint density at radius 1 is 1.15 bits per heavy atom. The van der Waals surface area contributed by atoms with Gasteiger partial charge in [-0.05, 0) is 74.4 Å². The van der Waals surface area contributed by atoms with Gasteiger partial charge in [0.25, 0.3) is 0 Å². The Labute approximate surface area is 166 Å². The highest BCUT2D eigenvalue weighted by Gasteiger charge is 2.33. The fraction of sp³-hybridized carbons (Fsp3) is 0.316. The number of aryl methyl sites for hydroxylation is 2. The first-order chi connectivity index (χ1) is 12.6. The Morgan fingerprint density at radius 3 is 2.48 bits per heavy atom. The van der Waals surface area contributed by atoms with E-state index in [1.807, 2.05) is 39.0 Å². The molecule has 0 amide bonds. The predicted octanol–water partition coefficient (Wildman–Crippen LogP) is 5.73. The lowest BCUT2D eigenvalue weighted by molar-refractivity contribution is -0.137. The molecule has 27 heavy (non-hydrogen) atoms. The van der Waals surface area contributed by atoms with Crippen molar-refractivity contribution in [3.05, 3.63) is 58.1 Å². The van der Waals surface area contributed by atoms with E-state index in [2.05, 4.69) is 10.6 Å². The molecular weight excluding hydrogens is 397 g/mol. The third-order valence-electron chi connectivity index (χ3n) is 3.89. The van der Waals surface area contributed by atoms with Crippen LogP contribution in [-0.2, 0) is 6.18 Å². The summed E-state index contributed by atoms with van der Waals surface area (Å²) < 4.78 is 44.5. The minimum atomic E-state index is -4.53. The van der Waals surface area contributed by atoms with Gasteiger partial charge in [0, 0.05) is 5.69 Å². The second kappa shape index (κ2) is 8.80. The Morgan fingerprint density at radius 2 is 1.85 bits per heavy atom. The van der Waals surface area contributed by atoms with E-state index in [1.54, 1.807) is 0 Å². The molecule has 0 unspecified atom stereocenters. The summed E-state index contributed by atoms with van der Waals surface area (Å²) >= 11 is 10.8. The SMILES string of the molecule is Cc1ccc(OC[C@H](C)NC(=S)Nc2ccc(Cl)c(C(F)(F)F)c2)cc1C. The van der Waals surface area contributed by atoms with Crippen LogP contribution in [0, 0.1) is 13.8 Å². The molecule has 0 bridgehead atoms. The summed E-state index contributed by atoms with van der Waals surface area (Å²) in [5, 5.41) is 5.55. The van der Waals surface area contributed by atoms with Gasteiger partial charge in [-0.3, -0.25) is 0 Å². The number of halogens is 4. The molecule has 8 heteroatoms. The molecular formula is C19H20ClF3N2OS. The van der Waals surface area contributed by atoms with Crippen molar-refractivity contribution in [3.8, 4) is 5.75 Å². The molecule has 2 N–H and O–H groups in total. The van der Waals surface area contributed by atoms with Crippen LogP contribution in [0.5, 0.6) is 5.75 Å². The maximum atomic E-state index is 12.9. The molecule has 0 aliphatic carbocycles. The predicted molar refractivity (Wildman–Crippen MR) is 107 cm³/mol. The van der Waals surface area contributed by atoms with Crippen LogP contribution >= 0.6 is 23.8 Å². The van der Waals surface area contributed by atoms with Crippen LogP contribution in [0.3, 0.4) is 0 Å². The van der Waals surface area contributed by atoms with Gasteiger partial charge in [0.1, 0.15) is 12.4 Å². The first-order valence-corrected chi connectivity index (χ1v) is 8.99. The summed E-state index contributed by atoms with van der Waals surface area (Å²) in [7, 11) is 0. The summed E-state index contributed by atoms with van der Waals surface area (Å²) in [6.45, 7) is 6.23. The molecule has 2 aromatic rings. The molecule has 0 spiro atoms. The molecule has 0 fully saturated rings. The second-order valence-electron chi connectivity index (χ2n) is 6.25. The molecule has 146 valence electrons. The molecule has 0 saturated carbocycles. The van der Waals surface area contributed by atoms with E-state index in [-0.39, 0.29) is 21.9 Å². The van der Waals surface area contributed by atoms with Gasteiger partial charge in [-0.15, -0.1) is 0 Å². The van der Waals surface area contributed by atoms with Crippen LogP contribution in [0.1, 0.15) is 23.6 Å². The highest BCUT2D eigenvalue weighted by molar-refractivity contribution is 7.80. The van der Waals surface area contributed by atoms with Crippen LogP contribution in [0.2, 0.25) is 5.02 Å². The molecule has 3 nitrogen and oxygen atoms in total. The van der Waals surface area contributed by atoms with Gasteiger partial charge in [-0.25, -0.2) is 0 Å². The zero-order chi connectivity index (χ0) is 20.2. The van der Waals surface area contributed by atoms with Crippen molar-refractivity contribution in [1.29, 1.82) is 0 Å². The Balaban J connectivity index is 1.90. The Hall–Kier alpha value is -1.99. The van der Waals surface area contributed by atoms with E-state index in [0.717, 1.165) is 17.4 Å². The van der Waals surface area contributed by atoms with Gasteiger partial charge in [0.15, 0.2) is 5.11 Å². The molecule has 2 aromatic carbocycles. The van der Waals surface area contributed by atoms with Crippen molar-refractivity contribution in [2.45, 2.75) is 33.0 Å². The quantitative estimate of drug-likeness (QED) is 0.610. The smallest absolute Gasteiger partial charge is 0.417 e. The number of hydrogen-bond donors (Lipinski definition) is 2.